The molecular formula is C17H17F3N2O2. The number of pyridine rings is 1. The van der Waals surface area contributed by atoms with Gasteiger partial charge >= 0.3 is 12.1 Å². The second kappa shape index (κ2) is 5.96. The number of rotatable bonds is 2. The summed E-state index contributed by atoms with van der Waals surface area (Å²) in [6, 6.07) is 5.64. The lowest BCUT2D eigenvalue weighted by Gasteiger charge is -2.37. The lowest BCUT2D eigenvalue weighted by atomic mass is 9.89. The molecule has 0 aliphatic carbocycles. The molecule has 1 aliphatic heterocycles. The monoisotopic (exact) mass is 338 g/mol. The molecule has 2 heterocycles. The maximum atomic E-state index is 13.2. The number of piperidine rings is 1. The van der Waals surface area contributed by atoms with Gasteiger partial charge in [0.05, 0.1) is 17.0 Å². The molecule has 0 saturated carbocycles. The third-order valence-electron chi connectivity index (χ3n) is 4.40. The van der Waals surface area contributed by atoms with Gasteiger partial charge in [-0.05, 0) is 36.6 Å². The third kappa shape index (κ3) is 3.02. The van der Waals surface area contributed by atoms with Crippen LogP contribution < -0.4 is 4.90 Å². The highest BCUT2D eigenvalue weighted by Crippen LogP contribution is 2.38. The lowest BCUT2D eigenvalue weighted by molar-refractivity contribution is -0.142. The van der Waals surface area contributed by atoms with E-state index in [0.29, 0.717) is 24.0 Å². The quantitative estimate of drug-likeness (QED) is 0.905. The second-order valence-electron chi connectivity index (χ2n) is 6.31. The van der Waals surface area contributed by atoms with Crippen LogP contribution >= 0.6 is 0 Å². The predicted octanol–water partition coefficient (Wildman–Crippen LogP) is 3.80. The fourth-order valence-corrected chi connectivity index (χ4v) is 3.39. The van der Waals surface area contributed by atoms with Gasteiger partial charge in [0.1, 0.15) is 0 Å². The first-order valence-corrected chi connectivity index (χ1v) is 7.70. The van der Waals surface area contributed by atoms with Crippen molar-refractivity contribution in [1.29, 1.82) is 0 Å². The van der Waals surface area contributed by atoms with E-state index in [4.69, 9.17) is 0 Å². The van der Waals surface area contributed by atoms with E-state index >= 15 is 0 Å². The number of hydrogen-bond donors (Lipinski definition) is 1. The Morgan fingerprint density at radius 2 is 2.04 bits per heavy atom. The van der Waals surface area contributed by atoms with Crippen molar-refractivity contribution in [2.24, 2.45) is 11.8 Å². The Kier molecular flexibility index (Phi) is 4.11. The van der Waals surface area contributed by atoms with Gasteiger partial charge in [0.2, 0.25) is 0 Å². The minimum Gasteiger partial charge on any atom is -0.481 e. The summed E-state index contributed by atoms with van der Waals surface area (Å²) in [4.78, 5) is 17.1. The first-order valence-electron chi connectivity index (χ1n) is 7.70. The van der Waals surface area contributed by atoms with Crippen LogP contribution in [0.2, 0.25) is 0 Å². The van der Waals surface area contributed by atoms with Gasteiger partial charge in [0, 0.05) is 30.4 Å². The maximum Gasteiger partial charge on any atom is 0.418 e. The van der Waals surface area contributed by atoms with Crippen LogP contribution in [0.3, 0.4) is 0 Å². The van der Waals surface area contributed by atoms with E-state index in [2.05, 4.69) is 4.98 Å². The van der Waals surface area contributed by atoms with Crippen molar-refractivity contribution in [2.45, 2.75) is 19.5 Å². The highest BCUT2D eigenvalue weighted by molar-refractivity contribution is 5.94. The molecule has 24 heavy (non-hydrogen) atoms. The molecule has 4 nitrogen and oxygen atoms in total. The molecule has 1 saturated heterocycles. The minimum atomic E-state index is -4.48. The van der Waals surface area contributed by atoms with E-state index in [1.165, 1.54) is 12.3 Å². The Labute approximate surface area is 136 Å². The molecule has 0 amide bonds. The molecule has 0 bridgehead atoms. The smallest absolute Gasteiger partial charge is 0.418 e. The maximum absolute atomic E-state index is 13.2. The largest absolute Gasteiger partial charge is 0.481 e. The second-order valence-corrected chi connectivity index (χ2v) is 6.31. The summed E-state index contributed by atoms with van der Waals surface area (Å²) >= 11 is 0. The molecule has 0 unspecified atom stereocenters. The molecule has 2 aromatic rings. The standard InChI is InChI=1S/C17H17F3N2O2/c1-10-7-11(16(23)24)9-22(8-10)14-5-4-13(17(18,19)20)15-12(14)3-2-6-21-15/h2-6,10-11H,7-9H2,1H3,(H,23,24)/t10-,11+/m1/s1. The van der Waals surface area contributed by atoms with E-state index < -0.39 is 23.6 Å². The first kappa shape index (κ1) is 16.5. The third-order valence-corrected chi connectivity index (χ3v) is 4.40. The van der Waals surface area contributed by atoms with E-state index in [1.807, 2.05) is 11.8 Å². The van der Waals surface area contributed by atoms with Crippen molar-refractivity contribution in [2.75, 3.05) is 18.0 Å². The summed E-state index contributed by atoms with van der Waals surface area (Å²) in [6.45, 7) is 2.85. The van der Waals surface area contributed by atoms with Crippen molar-refractivity contribution >= 4 is 22.6 Å². The van der Waals surface area contributed by atoms with E-state index in [1.54, 1.807) is 12.1 Å². The van der Waals surface area contributed by atoms with Crippen LogP contribution in [0, 0.1) is 11.8 Å². The van der Waals surface area contributed by atoms with Crippen molar-refractivity contribution < 1.29 is 23.1 Å². The van der Waals surface area contributed by atoms with Crippen LogP contribution in [0.1, 0.15) is 18.9 Å². The highest BCUT2D eigenvalue weighted by atomic mass is 19.4. The van der Waals surface area contributed by atoms with Crippen molar-refractivity contribution in [3.63, 3.8) is 0 Å². The Morgan fingerprint density at radius 3 is 2.71 bits per heavy atom. The Bertz CT molecular complexity index is 776. The fourth-order valence-electron chi connectivity index (χ4n) is 3.39. The molecule has 0 radical (unpaired) electrons. The van der Waals surface area contributed by atoms with Crippen molar-refractivity contribution in [1.82, 2.24) is 4.98 Å². The summed E-state index contributed by atoms with van der Waals surface area (Å²) in [5.74, 6) is -1.25. The summed E-state index contributed by atoms with van der Waals surface area (Å²) in [6.07, 6.45) is -2.58. The number of alkyl halides is 3. The Morgan fingerprint density at radius 1 is 1.29 bits per heavy atom. The molecule has 1 fully saturated rings. The van der Waals surface area contributed by atoms with Crippen LogP contribution in [-0.4, -0.2) is 29.1 Å². The highest BCUT2D eigenvalue weighted by Gasteiger charge is 2.35. The molecule has 7 heteroatoms. The van der Waals surface area contributed by atoms with Crippen LogP contribution in [0.15, 0.2) is 30.5 Å². The number of nitrogens with zero attached hydrogens (tertiary/aromatic N) is 2. The van der Waals surface area contributed by atoms with Gasteiger partial charge in [0.25, 0.3) is 0 Å². The van der Waals surface area contributed by atoms with Gasteiger partial charge in [0.15, 0.2) is 0 Å². The van der Waals surface area contributed by atoms with Crippen LogP contribution in [-0.2, 0) is 11.0 Å². The zero-order valence-corrected chi connectivity index (χ0v) is 13.0. The van der Waals surface area contributed by atoms with Crippen molar-refractivity contribution in [3.8, 4) is 0 Å². The molecule has 128 valence electrons. The molecule has 1 aromatic heterocycles. The summed E-state index contributed by atoms with van der Waals surface area (Å²) in [5, 5.41) is 9.69. The van der Waals surface area contributed by atoms with Crippen LogP contribution in [0.25, 0.3) is 10.9 Å². The Hall–Kier alpha value is -2.31. The Balaban J connectivity index is 2.09. The van der Waals surface area contributed by atoms with E-state index in [0.717, 1.165) is 6.07 Å². The number of carboxylic acid groups (broad SMARTS) is 1. The van der Waals surface area contributed by atoms with Gasteiger partial charge in [-0.3, -0.25) is 9.78 Å². The normalized spacial score (nSPS) is 21.9. The lowest BCUT2D eigenvalue weighted by Crippen LogP contribution is -2.42. The van der Waals surface area contributed by atoms with E-state index in [-0.39, 0.29) is 18.0 Å². The number of carbonyl (C=O) groups is 1. The zero-order chi connectivity index (χ0) is 17.5. The average Bonchev–Trinajstić information content (AvgIpc) is 2.52. The number of fused-ring (bicyclic) bond motifs is 1. The number of halogens is 3. The van der Waals surface area contributed by atoms with Crippen molar-refractivity contribution in [3.05, 3.63) is 36.0 Å². The molecule has 3 rings (SSSR count). The fraction of sp³-hybridized carbons (Fsp3) is 0.412. The average molecular weight is 338 g/mol. The molecule has 0 spiro atoms. The van der Waals surface area contributed by atoms with E-state index in [9.17, 15) is 23.1 Å². The summed E-state index contributed by atoms with van der Waals surface area (Å²) < 4.78 is 39.6. The molecule has 2 atom stereocenters. The van der Waals surface area contributed by atoms with Gasteiger partial charge in [-0.25, -0.2) is 0 Å². The number of carboxylic acids is 1. The molecule has 1 aromatic carbocycles. The molecular weight excluding hydrogens is 321 g/mol. The van der Waals surface area contributed by atoms with Gasteiger partial charge < -0.3 is 10.0 Å². The number of anilines is 1. The molecule has 1 aliphatic rings. The van der Waals surface area contributed by atoms with Crippen LogP contribution in [0.5, 0.6) is 0 Å². The number of aromatic nitrogens is 1. The first-order chi connectivity index (χ1) is 11.3. The zero-order valence-electron chi connectivity index (χ0n) is 13.0. The predicted molar refractivity (Wildman–Crippen MR) is 83.9 cm³/mol. The summed E-state index contributed by atoms with van der Waals surface area (Å²) in [5.41, 5.74) is -0.279. The summed E-state index contributed by atoms with van der Waals surface area (Å²) in [7, 11) is 0. The number of benzene rings is 1. The SMILES string of the molecule is C[C@@H]1C[C@H](C(=O)O)CN(c2ccc(C(F)(F)F)c3ncccc23)C1. The topological polar surface area (TPSA) is 53.4 Å². The number of hydrogen-bond acceptors (Lipinski definition) is 3. The van der Waals surface area contributed by atoms with Gasteiger partial charge in [-0.1, -0.05) is 6.92 Å². The number of aliphatic carboxylic acids is 1. The molecule has 1 N–H and O–H groups in total. The minimum absolute atomic E-state index is 0.104. The van der Waals surface area contributed by atoms with Crippen LogP contribution in [0.4, 0.5) is 18.9 Å². The van der Waals surface area contributed by atoms with Gasteiger partial charge in [-0.2, -0.15) is 13.2 Å². The van der Waals surface area contributed by atoms with Gasteiger partial charge in [-0.15, -0.1) is 0 Å².